The molecule has 1 unspecified atom stereocenters. The molecule has 2 aliphatic carbocycles. The molecule has 0 saturated heterocycles. The lowest BCUT2D eigenvalue weighted by Crippen LogP contribution is -2.43. The minimum atomic E-state index is -0.814. The molecule has 96 valence electrons. The second kappa shape index (κ2) is 4.00. The van der Waals surface area contributed by atoms with Gasteiger partial charge in [-0.05, 0) is 30.6 Å². The molecule has 2 aliphatic rings. The first-order valence-corrected chi connectivity index (χ1v) is 6.36. The molecule has 0 aromatic carbocycles. The Bertz CT molecular complexity index is 345. The molecule has 0 heterocycles. The molecule has 0 radical (unpaired) electrons. The number of rotatable bonds is 5. The minimum Gasteiger partial charge on any atom is -0.481 e. The highest BCUT2D eigenvalue weighted by Gasteiger charge is 2.47. The number of carboxylic acids is 1. The van der Waals surface area contributed by atoms with Gasteiger partial charge in [-0.15, -0.1) is 0 Å². The lowest BCUT2D eigenvalue weighted by Gasteiger charge is -2.36. The van der Waals surface area contributed by atoms with E-state index in [0.717, 1.165) is 12.8 Å². The normalized spacial score (nSPS) is 28.0. The van der Waals surface area contributed by atoms with Crippen molar-refractivity contribution in [2.24, 2.45) is 16.7 Å². The summed E-state index contributed by atoms with van der Waals surface area (Å²) >= 11 is 0. The molecular weight excluding hydrogens is 218 g/mol. The summed E-state index contributed by atoms with van der Waals surface area (Å²) in [4.78, 5) is 22.8. The largest absolute Gasteiger partial charge is 0.481 e. The maximum Gasteiger partial charge on any atom is 0.310 e. The van der Waals surface area contributed by atoms with Crippen LogP contribution >= 0.6 is 0 Å². The third-order valence-electron chi connectivity index (χ3n) is 4.53. The van der Waals surface area contributed by atoms with Gasteiger partial charge >= 0.3 is 5.97 Å². The number of hydrogen-bond donors (Lipinski definition) is 2. The lowest BCUT2D eigenvalue weighted by atomic mass is 9.66. The molecule has 1 atom stereocenters. The van der Waals surface area contributed by atoms with Gasteiger partial charge in [-0.1, -0.05) is 20.3 Å². The molecule has 17 heavy (non-hydrogen) atoms. The van der Waals surface area contributed by atoms with Crippen molar-refractivity contribution in [2.45, 2.75) is 46.0 Å². The molecule has 1 amide bonds. The maximum atomic E-state index is 11.7. The van der Waals surface area contributed by atoms with Crippen molar-refractivity contribution in [1.82, 2.24) is 5.32 Å². The quantitative estimate of drug-likeness (QED) is 0.768. The Hall–Kier alpha value is -1.06. The first-order chi connectivity index (χ1) is 7.86. The average molecular weight is 239 g/mol. The van der Waals surface area contributed by atoms with E-state index in [-0.39, 0.29) is 12.3 Å². The summed E-state index contributed by atoms with van der Waals surface area (Å²) in [5.74, 6) is -0.353. The number of carboxylic acid groups (broad SMARTS) is 1. The second-order valence-electron chi connectivity index (χ2n) is 6.31. The molecule has 0 aliphatic heterocycles. The molecule has 2 fully saturated rings. The van der Waals surface area contributed by atoms with E-state index >= 15 is 0 Å². The van der Waals surface area contributed by atoms with Crippen LogP contribution in [0, 0.1) is 16.7 Å². The smallest absolute Gasteiger partial charge is 0.310 e. The molecule has 2 N–H and O–H groups in total. The number of hydrogen-bond acceptors (Lipinski definition) is 2. The highest BCUT2D eigenvalue weighted by Crippen LogP contribution is 2.51. The van der Waals surface area contributed by atoms with Crippen LogP contribution in [0.4, 0.5) is 0 Å². The molecule has 0 aromatic heterocycles. The molecule has 2 rings (SSSR count). The van der Waals surface area contributed by atoms with E-state index in [1.165, 1.54) is 0 Å². The summed E-state index contributed by atoms with van der Waals surface area (Å²) in [5, 5.41) is 12.0. The van der Waals surface area contributed by atoms with Gasteiger partial charge in [-0.2, -0.15) is 0 Å². The van der Waals surface area contributed by atoms with E-state index in [2.05, 4.69) is 19.2 Å². The van der Waals surface area contributed by atoms with Gasteiger partial charge in [0.15, 0.2) is 0 Å². The van der Waals surface area contributed by atoms with Crippen LogP contribution in [-0.2, 0) is 9.59 Å². The zero-order valence-electron chi connectivity index (χ0n) is 10.6. The SMILES string of the molecule is CC1(C)CC1CNC(=O)CC1(C(=O)O)CCC1. The van der Waals surface area contributed by atoms with Gasteiger partial charge in [0.2, 0.25) is 5.91 Å². The number of aliphatic carboxylic acids is 1. The Balaban J connectivity index is 1.76. The Morgan fingerprint density at radius 1 is 1.35 bits per heavy atom. The van der Waals surface area contributed by atoms with Gasteiger partial charge < -0.3 is 10.4 Å². The molecule has 4 nitrogen and oxygen atoms in total. The van der Waals surface area contributed by atoms with Crippen molar-refractivity contribution in [2.75, 3.05) is 6.54 Å². The van der Waals surface area contributed by atoms with E-state index in [1.54, 1.807) is 0 Å². The van der Waals surface area contributed by atoms with Gasteiger partial charge in [-0.3, -0.25) is 9.59 Å². The molecule has 0 spiro atoms. The first-order valence-electron chi connectivity index (χ1n) is 6.36. The molecule has 0 bridgehead atoms. The van der Waals surface area contributed by atoms with Crippen LogP contribution in [0.3, 0.4) is 0 Å². The van der Waals surface area contributed by atoms with Gasteiger partial charge in [0.25, 0.3) is 0 Å². The van der Waals surface area contributed by atoms with Crippen molar-refractivity contribution in [3.63, 3.8) is 0 Å². The van der Waals surface area contributed by atoms with Crippen molar-refractivity contribution >= 4 is 11.9 Å². The van der Waals surface area contributed by atoms with Crippen LogP contribution in [0.25, 0.3) is 0 Å². The topological polar surface area (TPSA) is 66.4 Å². The minimum absolute atomic E-state index is 0.102. The lowest BCUT2D eigenvalue weighted by molar-refractivity contribution is -0.157. The van der Waals surface area contributed by atoms with E-state index < -0.39 is 11.4 Å². The van der Waals surface area contributed by atoms with E-state index in [1.807, 2.05) is 0 Å². The fraction of sp³-hybridized carbons (Fsp3) is 0.846. The summed E-state index contributed by atoms with van der Waals surface area (Å²) in [6, 6.07) is 0. The third-order valence-corrected chi connectivity index (χ3v) is 4.53. The molecular formula is C13H21NO3. The van der Waals surface area contributed by atoms with E-state index in [9.17, 15) is 9.59 Å². The van der Waals surface area contributed by atoms with E-state index in [4.69, 9.17) is 5.11 Å². The van der Waals surface area contributed by atoms with Crippen LogP contribution in [0.15, 0.2) is 0 Å². The van der Waals surface area contributed by atoms with E-state index in [0.29, 0.717) is 30.7 Å². The van der Waals surface area contributed by atoms with Gasteiger partial charge in [-0.25, -0.2) is 0 Å². The zero-order chi connectivity index (χ0) is 12.7. The summed E-state index contributed by atoms with van der Waals surface area (Å²) in [6.07, 6.45) is 3.51. The summed E-state index contributed by atoms with van der Waals surface area (Å²) < 4.78 is 0. The van der Waals surface area contributed by atoms with Crippen molar-refractivity contribution in [3.05, 3.63) is 0 Å². The molecule has 4 heteroatoms. The van der Waals surface area contributed by atoms with Crippen molar-refractivity contribution in [1.29, 1.82) is 0 Å². The fourth-order valence-electron chi connectivity index (χ4n) is 2.60. The highest BCUT2D eigenvalue weighted by molar-refractivity contribution is 5.85. The summed E-state index contributed by atoms with van der Waals surface area (Å²) in [7, 11) is 0. The Kier molecular flexibility index (Phi) is 2.92. The predicted molar refractivity (Wildman–Crippen MR) is 63.4 cm³/mol. The first kappa shape index (κ1) is 12.4. The second-order valence-corrected chi connectivity index (χ2v) is 6.31. The number of carbonyl (C=O) groups excluding carboxylic acids is 1. The third kappa shape index (κ3) is 2.45. The van der Waals surface area contributed by atoms with Gasteiger partial charge in [0.1, 0.15) is 0 Å². The number of carbonyl (C=O) groups is 2. The molecule has 2 saturated carbocycles. The standard InChI is InChI=1S/C13H21NO3/c1-12(2)6-9(12)8-14-10(15)7-13(11(16)17)4-3-5-13/h9H,3-8H2,1-2H3,(H,14,15)(H,16,17). The number of nitrogens with one attached hydrogen (secondary N) is 1. The monoisotopic (exact) mass is 239 g/mol. The zero-order valence-corrected chi connectivity index (χ0v) is 10.6. The van der Waals surface area contributed by atoms with Crippen molar-refractivity contribution < 1.29 is 14.7 Å². The van der Waals surface area contributed by atoms with Gasteiger partial charge in [0.05, 0.1) is 5.41 Å². The Labute approximate surface area is 102 Å². The maximum absolute atomic E-state index is 11.7. The van der Waals surface area contributed by atoms with Crippen LogP contribution in [0.5, 0.6) is 0 Å². The average Bonchev–Trinajstić information content (AvgIpc) is 2.76. The van der Waals surface area contributed by atoms with Crippen LogP contribution in [0.1, 0.15) is 46.0 Å². The predicted octanol–water partition coefficient (Wildman–Crippen LogP) is 1.79. The van der Waals surface area contributed by atoms with Crippen molar-refractivity contribution in [3.8, 4) is 0 Å². The van der Waals surface area contributed by atoms with Crippen LogP contribution in [-0.4, -0.2) is 23.5 Å². The van der Waals surface area contributed by atoms with Crippen LogP contribution in [0.2, 0.25) is 0 Å². The fourth-order valence-corrected chi connectivity index (χ4v) is 2.60. The summed E-state index contributed by atoms with van der Waals surface area (Å²) in [5.41, 5.74) is -0.405. The number of amides is 1. The Morgan fingerprint density at radius 3 is 2.29 bits per heavy atom. The van der Waals surface area contributed by atoms with Gasteiger partial charge in [0, 0.05) is 13.0 Å². The highest BCUT2D eigenvalue weighted by atomic mass is 16.4. The summed E-state index contributed by atoms with van der Waals surface area (Å²) in [6.45, 7) is 5.07. The van der Waals surface area contributed by atoms with Crippen LogP contribution < -0.4 is 5.32 Å². The Morgan fingerprint density at radius 2 is 1.94 bits per heavy atom. The molecule has 0 aromatic rings.